The zero-order chi connectivity index (χ0) is 22.6. The van der Waals surface area contributed by atoms with Crippen LogP contribution in [0.3, 0.4) is 0 Å². The Morgan fingerprint density at radius 1 is 0.935 bits per heavy atom. The van der Waals surface area contributed by atoms with E-state index in [2.05, 4.69) is 5.32 Å². The van der Waals surface area contributed by atoms with Crippen LogP contribution in [0.15, 0.2) is 77.7 Å². The van der Waals surface area contributed by atoms with Crippen LogP contribution >= 0.6 is 0 Å². The summed E-state index contributed by atoms with van der Waals surface area (Å²) in [5.74, 6) is 0.358. The van der Waals surface area contributed by atoms with Gasteiger partial charge in [-0.25, -0.2) is 8.42 Å². The zero-order valence-corrected chi connectivity index (χ0v) is 18.8. The third kappa shape index (κ3) is 5.06. The standard InChI is InChI=1S/C24H26N2O4S/c1-17-5-7-19(8-6-17)18(2)25-24(27)20-9-11-21(12-10-20)26(3)31(28,29)23-15-13-22(30-4)14-16-23/h5-16,18H,1-4H3,(H,25,27). The topological polar surface area (TPSA) is 75.7 Å². The second kappa shape index (κ2) is 9.22. The molecule has 7 heteroatoms. The van der Waals surface area contributed by atoms with Crippen molar-refractivity contribution < 1.29 is 17.9 Å². The van der Waals surface area contributed by atoms with Crippen LogP contribution in [-0.2, 0) is 10.0 Å². The first-order valence-electron chi connectivity index (χ1n) is 9.83. The lowest BCUT2D eigenvalue weighted by molar-refractivity contribution is 0.0940. The number of ether oxygens (including phenoxy) is 1. The van der Waals surface area contributed by atoms with Gasteiger partial charge in [-0.3, -0.25) is 9.10 Å². The molecule has 0 heterocycles. The first-order chi connectivity index (χ1) is 14.7. The fourth-order valence-corrected chi connectivity index (χ4v) is 4.28. The molecular weight excluding hydrogens is 412 g/mol. The predicted octanol–water partition coefficient (Wildman–Crippen LogP) is 4.32. The molecule has 6 nitrogen and oxygen atoms in total. The first kappa shape index (κ1) is 22.4. The van der Waals surface area contributed by atoms with Gasteiger partial charge in [-0.05, 0) is 67.9 Å². The van der Waals surface area contributed by atoms with Crippen LogP contribution in [0.1, 0.15) is 34.5 Å². The number of methoxy groups -OCH3 is 1. The molecule has 1 atom stereocenters. The fraction of sp³-hybridized carbons (Fsp3) is 0.208. The Morgan fingerprint density at radius 3 is 2.06 bits per heavy atom. The molecule has 3 rings (SSSR count). The van der Waals surface area contributed by atoms with Gasteiger partial charge in [0.05, 0.1) is 23.7 Å². The monoisotopic (exact) mass is 438 g/mol. The van der Waals surface area contributed by atoms with Crippen LogP contribution in [-0.4, -0.2) is 28.5 Å². The Bertz CT molecular complexity index is 1140. The fourth-order valence-electron chi connectivity index (χ4n) is 3.09. The molecule has 0 saturated carbocycles. The van der Waals surface area contributed by atoms with E-state index in [0.29, 0.717) is 17.0 Å². The van der Waals surface area contributed by atoms with Crippen LogP contribution in [0.25, 0.3) is 0 Å². The van der Waals surface area contributed by atoms with E-state index in [1.165, 1.54) is 30.6 Å². The van der Waals surface area contributed by atoms with Gasteiger partial charge in [-0.1, -0.05) is 29.8 Å². The van der Waals surface area contributed by atoms with Gasteiger partial charge in [-0.2, -0.15) is 0 Å². The summed E-state index contributed by atoms with van der Waals surface area (Å²) in [6.45, 7) is 3.94. The smallest absolute Gasteiger partial charge is 0.264 e. The van der Waals surface area contributed by atoms with Gasteiger partial charge in [0.2, 0.25) is 0 Å². The number of sulfonamides is 1. The quantitative estimate of drug-likeness (QED) is 0.596. The summed E-state index contributed by atoms with van der Waals surface area (Å²) in [4.78, 5) is 12.8. The third-order valence-electron chi connectivity index (χ3n) is 5.14. The van der Waals surface area contributed by atoms with Crippen molar-refractivity contribution in [1.29, 1.82) is 0 Å². The minimum Gasteiger partial charge on any atom is -0.497 e. The molecule has 0 radical (unpaired) electrons. The maximum Gasteiger partial charge on any atom is 0.264 e. The van der Waals surface area contributed by atoms with Crippen molar-refractivity contribution in [3.63, 3.8) is 0 Å². The lowest BCUT2D eigenvalue weighted by atomic mass is 10.1. The van der Waals surface area contributed by atoms with E-state index >= 15 is 0 Å². The summed E-state index contributed by atoms with van der Waals surface area (Å²) in [6.07, 6.45) is 0. The molecule has 0 aliphatic heterocycles. The second-order valence-electron chi connectivity index (χ2n) is 7.30. The van der Waals surface area contributed by atoms with Crippen LogP contribution in [0.2, 0.25) is 0 Å². The summed E-state index contributed by atoms with van der Waals surface area (Å²) in [7, 11) is -0.729. The lowest BCUT2D eigenvalue weighted by Gasteiger charge is -2.20. The molecule has 1 amide bonds. The van der Waals surface area contributed by atoms with Gasteiger partial charge in [0.15, 0.2) is 0 Å². The third-order valence-corrected chi connectivity index (χ3v) is 6.94. The number of carbonyl (C=O) groups excluding carboxylic acids is 1. The number of amides is 1. The molecule has 0 aliphatic carbocycles. The Labute approximate surface area is 183 Å². The van der Waals surface area contributed by atoms with Crippen LogP contribution in [0.5, 0.6) is 5.75 Å². The lowest BCUT2D eigenvalue weighted by Crippen LogP contribution is -2.28. The summed E-state index contributed by atoms with van der Waals surface area (Å²) in [5, 5.41) is 2.96. The number of carbonyl (C=O) groups is 1. The average Bonchev–Trinajstić information content (AvgIpc) is 2.79. The van der Waals surface area contributed by atoms with Gasteiger partial charge in [0.1, 0.15) is 5.75 Å². The molecule has 1 N–H and O–H groups in total. The number of aryl methyl sites for hydroxylation is 1. The average molecular weight is 439 g/mol. The molecule has 1 unspecified atom stereocenters. The van der Waals surface area contributed by atoms with E-state index in [1.807, 2.05) is 38.1 Å². The first-order valence-corrected chi connectivity index (χ1v) is 11.3. The highest BCUT2D eigenvalue weighted by molar-refractivity contribution is 7.92. The SMILES string of the molecule is COc1ccc(S(=O)(=O)N(C)c2ccc(C(=O)NC(C)c3ccc(C)cc3)cc2)cc1. The summed E-state index contributed by atoms with van der Waals surface area (Å²) < 4.78 is 32.0. The molecule has 0 saturated heterocycles. The Morgan fingerprint density at radius 2 is 1.52 bits per heavy atom. The highest BCUT2D eigenvalue weighted by Crippen LogP contribution is 2.24. The van der Waals surface area contributed by atoms with Crippen molar-refractivity contribution in [1.82, 2.24) is 5.32 Å². The Kier molecular flexibility index (Phi) is 6.65. The van der Waals surface area contributed by atoms with Gasteiger partial charge in [-0.15, -0.1) is 0 Å². The summed E-state index contributed by atoms with van der Waals surface area (Å²) in [5.41, 5.74) is 3.09. The van der Waals surface area contributed by atoms with Crippen molar-refractivity contribution in [2.45, 2.75) is 24.8 Å². The molecule has 31 heavy (non-hydrogen) atoms. The Balaban J connectivity index is 1.72. The molecule has 0 bridgehead atoms. The highest BCUT2D eigenvalue weighted by Gasteiger charge is 2.21. The maximum atomic E-state index is 12.9. The number of anilines is 1. The summed E-state index contributed by atoms with van der Waals surface area (Å²) in [6, 6.07) is 20.5. The van der Waals surface area contributed by atoms with E-state index < -0.39 is 10.0 Å². The van der Waals surface area contributed by atoms with Crippen LogP contribution in [0.4, 0.5) is 5.69 Å². The number of hydrogen-bond donors (Lipinski definition) is 1. The Hall–Kier alpha value is -3.32. The van der Waals surface area contributed by atoms with E-state index in [-0.39, 0.29) is 16.8 Å². The molecule has 3 aromatic rings. The van der Waals surface area contributed by atoms with Crippen molar-refractivity contribution in [2.75, 3.05) is 18.5 Å². The van der Waals surface area contributed by atoms with E-state index in [9.17, 15) is 13.2 Å². The van der Waals surface area contributed by atoms with E-state index in [0.717, 1.165) is 11.1 Å². The minimum atomic E-state index is -3.73. The van der Waals surface area contributed by atoms with Crippen molar-refractivity contribution in [2.24, 2.45) is 0 Å². The number of nitrogens with zero attached hydrogens (tertiary/aromatic N) is 1. The molecule has 0 aliphatic rings. The molecule has 0 aromatic heterocycles. The van der Waals surface area contributed by atoms with E-state index in [4.69, 9.17) is 4.74 Å². The number of rotatable bonds is 7. The van der Waals surface area contributed by atoms with Crippen molar-refractivity contribution in [3.05, 3.63) is 89.5 Å². The van der Waals surface area contributed by atoms with Crippen LogP contribution in [0, 0.1) is 6.92 Å². The van der Waals surface area contributed by atoms with Gasteiger partial charge in [0.25, 0.3) is 15.9 Å². The minimum absolute atomic E-state index is 0.147. The van der Waals surface area contributed by atoms with E-state index in [1.54, 1.807) is 36.4 Å². The molecule has 162 valence electrons. The van der Waals surface area contributed by atoms with Crippen molar-refractivity contribution in [3.8, 4) is 5.75 Å². The molecule has 0 fully saturated rings. The molecular formula is C24H26N2O4S. The number of nitrogens with one attached hydrogen (secondary N) is 1. The van der Waals surface area contributed by atoms with Gasteiger partial charge in [0, 0.05) is 12.6 Å². The number of benzene rings is 3. The van der Waals surface area contributed by atoms with Crippen LogP contribution < -0.4 is 14.4 Å². The largest absolute Gasteiger partial charge is 0.497 e. The highest BCUT2D eigenvalue weighted by atomic mass is 32.2. The second-order valence-corrected chi connectivity index (χ2v) is 9.27. The van der Waals surface area contributed by atoms with Gasteiger partial charge < -0.3 is 10.1 Å². The van der Waals surface area contributed by atoms with Gasteiger partial charge >= 0.3 is 0 Å². The zero-order valence-electron chi connectivity index (χ0n) is 18.0. The summed E-state index contributed by atoms with van der Waals surface area (Å²) >= 11 is 0. The maximum absolute atomic E-state index is 12.9. The van der Waals surface area contributed by atoms with Crippen molar-refractivity contribution >= 4 is 21.6 Å². The molecule has 0 spiro atoms. The molecule has 3 aromatic carbocycles. The predicted molar refractivity (Wildman–Crippen MR) is 122 cm³/mol. The normalized spacial score (nSPS) is 12.1. The number of hydrogen-bond acceptors (Lipinski definition) is 4.